The molecule has 0 aliphatic rings. The van der Waals surface area contributed by atoms with Gasteiger partial charge in [0.2, 0.25) is 7.29 Å². The van der Waals surface area contributed by atoms with Crippen LogP contribution in [-0.2, 0) is 4.57 Å². The summed E-state index contributed by atoms with van der Waals surface area (Å²) >= 11 is 0. The molecule has 1 atom stereocenters. The van der Waals surface area contributed by atoms with E-state index >= 15 is 0 Å². The highest BCUT2D eigenvalue weighted by Gasteiger charge is 2.29. The highest BCUT2D eigenvalue weighted by molar-refractivity contribution is 7.76. The molecule has 0 spiro atoms. The van der Waals surface area contributed by atoms with E-state index in [1.165, 1.54) is 0 Å². The number of hydrogen-bond donors (Lipinski definition) is 1. The number of allylic oxidation sites excluding steroid dienone is 1. The lowest BCUT2D eigenvalue weighted by molar-refractivity contribution is 0.573. The van der Waals surface area contributed by atoms with Crippen LogP contribution >= 0.6 is 7.29 Å². The van der Waals surface area contributed by atoms with Gasteiger partial charge in [-0.3, -0.25) is 4.57 Å². The summed E-state index contributed by atoms with van der Waals surface area (Å²) in [5.74, 6) is 0. The maximum Gasteiger partial charge on any atom is 0.205 e. The van der Waals surface area contributed by atoms with Crippen molar-refractivity contribution in [3.05, 3.63) is 109 Å². The first-order chi connectivity index (χ1) is 12.7. The Hall–Kier alpha value is -2.41. The van der Waals surface area contributed by atoms with Crippen molar-refractivity contribution in [2.75, 3.05) is 0 Å². The topological polar surface area (TPSA) is 29.1 Å². The summed E-state index contributed by atoms with van der Waals surface area (Å²) in [6.45, 7) is 2.10. The van der Waals surface area contributed by atoms with E-state index in [0.717, 1.165) is 22.6 Å². The molecular weight excluding hydrogens is 337 g/mol. The fraction of sp³-hybridized carbons (Fsp3) is 0.130. The fourth-order valence-electron chi connectivity index (χ4n) is 2.93. The van der Waals surface area contributed by atoms with Crippen LogP contribution in [0.5, 0.6) is 0 Å². The molecule has 0 amide bonds. The number of benzene rings is 3. The Morgan fingerprint density at radius 1 is 0.808 bits per heavy atom. The Balaban J connectivity index is 2.07. The van der Waals surface area contributed by atoms with E-state index < -0.39 is 7.29 Å². The van der Waals surface area contributed by atoms with Gasteiger partial charge < -0.3 is 0 Å². The lowest BCUT2D eigenvalue weighted by Gasteiger charge is -2.25. The van der Waals surface area contributed by atoms with Gasteiger partial charge in [-0.25, -0.2) is 5.09 Å². The Morgan fingerprint density at radius 2 is 1.27 bits per heavy atom. The van der Waals surface area contributed by atoms with Crippen molar-refractivity contribution in [2.45, 2.75) is 19.4 Å². The van der Waals surface area contributed by atoms with Crippen LogP contribution in [0.25, 0.3) is 0 Å². The molecule has 2 nitrogen and oxygen atoms in total. The molecule has 3 aromatic rings. The molecule has 1 unspecified atom stereocenters. The minimum Gasteiger partial charge on any atom is -0.296 e. The summed E-state index contributed by atoms with van der Waals surface area (Å²) in [4.78, 5) is 0. The van der Waals surface area contributed by atoms with Crippen LogP contribution in [0.15, 0.2) is 103 Å². The molecule has 0 aromatic heterocycles. The smallest absolute Gasteiger partial charge is 0.205 e. The zero-order valence-corrected chi connectivity index (χ0v) is 15.8. The third kappa shape index (κ3) is 4.22. The third-order valence-electron chi connectivity index (χ3n) is 4.28. The first-order valence-corrected chi connectivity index (χ1v) is 10.7. The Labute approximate surface area is 156 Å². The molecule has 3 aromatic carbocycles. The van der Waals surface area contributed by atoms with Gasteiger partial charge in [-0.05, 0) is 36.2 Å². The van der Waals surface area contributed by atoms with Gasteiger partial charge in [0, 0.05) is 10.6 Å². The highest BCUT2D eigenvalue weighted by atomic mass is 31.2. The fourth-order valence-corrected chi connectivity index (χ4v) is 5.34. The molecule has 0 aliphatic carbocycles. The van der Waals surface area contributed by atoms with Gasteiger partial charge in [-0.1, -0.05) is 85.8 Å². The van der Waals surface area contributed by atoms with Crippen molar-refractivity contribution >= 4 is 17.9 Å². The Kier molecular flexibility index (Phi) is 6.22. The van der Waals surface area contributed by atoms with Crippen LogP contribution in [-0.4, -0.2) is 0 Å². The number of rotatable bonds is 7. The molecule has 3 heteroatoms. The first-order valence-electron chi connectivity index (χ1n) is 8.94. The van der Waals surface area contributed by atoms with Crippen molar-refractivity contribution in [3.8, 4) is 0 Å². The second-order valence-corrected chi connectivity index (χ2v) is 8.64. The van der Waals surface area contributed by atoms with Crippen LogP contribution in [0.1, 0.15) is 24.9 Å². The van der Waals surface area contributed by atoms with Gasteiger partial charge in [-0.15, -0.1) is 0 Å². The molecule has 0 heterocycles. The first kappa shape index (κ1) is 18.4. The minimum absolute atomic E-state index is 0.123. The second kappa shape index (κ2) is 8.80. The average molecular weight is 361 g/mol. The third-order valence-corrected chi connectivity index (χ3v) is 6.98. The van der Waals surface area contributed by atoms with Gasteiger partial charge in [0.1, 0.15) is 0 Å². The standard InChI is InChI=1S/C23H24NOP/c1-2-3-19-23(20-13-7-4-8-14-20)24-26(25,21-15-9-5-10-16-21)22-17-11-6-12-18-22/h3-19,23H,2H2,1H3,(H,24,25)/b19-3+. The second-order valence-electron chi connectivity index (χ2n) is 6.13. The molecule has 26 heavy (non-hydrogen) atoms. The molecule has 0 saturated carbocycles. The van der Waals surface area contributed by atoms with Crippen LogP contribution < -0.4 is 15.7 Å². The normalized spacial score (nSPS) is 13.0. The van der Waals surface area contributed by atoms with Gasteiger partial charge in [-0.2, -0.15) is 0 Å². The summed E-state index contributed by atoms with van der Waals surface area (Å²) in [6.07, 6.45) is 5.16. The van der Waals surface area contributed by atoms with Crippen molar-refractivity contribution in [1.29, 1.82) is 0 Å². The molecule has 0 fully saturated rings. The summed E-state index contributed by atoms with van der Waals surface area (Å²) in [7, 11) is -2.99. The molecule has 0 saturated heterocycles. The van der Waals surface area contributed by atoms with E-state index in [0.29, 0.717) is 0 Å². The van der Waals surface area contributed by atoms with E-state index in [2.05, 4.69) is 36.3 Å². The van der Waals surface area contributed by atoms with E-state index in [-0.39, 0.29) is 6.04 Å². The van der Waals surface area contributed by atoms with E-state index in [1.54, 1.807) is 0 Å². The van der Waals surface area contributed by atoms with Gasteiger partial charge in [0.25, 0.3) is 0 Å². The van der Waals surface area contributed by atoms with Crippen molar-refractivity contribution in [2.24, 2.45) is 0 Å². The Morgan fingerprint density at radius 3 is 1.73 bits per heavy atom. The van der Waals surface area contributed by atoms with Crippen molar-refractivity contribution in [1.82, 2.24) is 5.09 Å². The highest BCUT2D eigenvalue weighted by Crippen LogP contribution is 2.42. The molecule has 0 bridgehead atoms. The maximum absolute atomic E-state index is 14.2. The number of nitrogens with one attached hydrogen (secondary N) is 1. The SMILES string of the molecule is CC/C=C/C(NP(=O)(c1ccccc1)c1ccccc1)c1ccccc1. The summed E-state index contributed by atoms with van der Waals surface area (Å²) in [6, 6.07) is 29.4. The summed E-state index contributed by atoms with van der Waals surface area (Å²) in [5, 5.41) is 5.12. The molecule has 3 rings (SSSR count). The molecule has 132 valence electrons. The minimum atomic E-state index is -2.99. The lowest BCUT2D eigenvalue weighted by Crippen LogP contribution is -2.30. The van der Waals surface area contributed by atoms with Gasteiger partial charge in [0.15, 0.2) is 0 Å². The van der Waals surface area contributed by atoms with Gasteiger partial charge >= 0.3 is 0 Å². The molecule has 1 N–H and O–H groups in total. The van der Waals surface area contributed by atoms with Crippen LogP contribution in [0, 0.1) is 0 Å². The van der Waals surface area contributed by atoms with Gasteiger partial charge in [0.05, 0.1) is 6.04 Å². The summed E-state index contributed by atoms with van der Waals surface area (Å²) in [5.41, 5.74) is 1.10. The van der Waals surface area contributed by atoms with Crippen molar-refractivity contribution < 1.29 is 4.57 Å². The molecule has 0 radical (unpaired) electrons. The average Bonchev–Trinajstić information content (AvgIpc) is 2.73. The summed E-state index contributed by atoms with van der Waals surface area (Å²) < 4.78 is 14.2. The molecular formula is C23H24NOP. The van der Waals surface area contributed by atoms with Crippen molar-refractivity contribution in [3.63, 3.8) is 0 Å². The van der Waals surface area contributed by atoms with Crippen LogP contribution in [0.3, 0.4) is 0 Å². The lowest BCUT2D eigenvalue weighted by atomic mass is 10.1. The largest absolute Gasteiger partial charge is 0.296 e. The van der Waals surface area contributed by atoms with Crippen LogP contribution in [0.4, 0.5) is 0 Å². The van der Waals surface area contributed by atoms with E-state index in [9.17, 15) is 4.57 Å². The quantitative estimate of drug-likeness (QED) is 0.462. The van der Waals surface area contributed by atoms with E-state index in [1.807, 2.05) is 78.9 Å². The zero-order valence-electron chi connectivity index (χ0n) is 15.0. The maximum atomic E-state index is 14.2. The number of hydrogen-bond acceptors (Lipinski definition) is 1. The zero-order chi connectivity index (χ0) is 18.2. The predicted octanol–water partition coefficient (Wildman–Crippen LogP) is 5.21. The van der Waals surface area contributed by atoms with E-state index in [4.69, 9.17) is 0 Å². The van der Waals surface area contributed by atoms with Crippen LogP contribution in [0.2, 0.25) is 0 Å². The Bertz CT molecular complexity index is 832. The predicted molar refractivity (Wildman–Crippen MR) is 112 cm³/mol. The molecule has 0 aliphatic heterocycles. The monoisotopic (exact) mass is 361 g/mol.